The largest absolute Gasteiger partial charge is 0.352 e. The van der Waals surface area contributed by atoms with Crippen molar-refractivity contribution in [2.75, 3.05) is 0 Å². The first-order valence-electron chi connectivity index (χ1n) is 3.25. The zero-order chi connectivity index (χ0) is 9.14. The average molecular weight is 247 g/mol. The molecule has 0 radical (unpaired) electrons. The van der Waals surface area contributed by atoms with E-state index in [1.807, 2.05) is 6.08 Å². The Morgan fingerprint density at radius 1 is 1.67 bits per heavy atom. The summed E-state index contributed by atoms with van der Waals surface area (Å²) in [5, 5.41) is 2.50. The van der Waals surface area contributed by atoms with Gasteiger partial charge >= 0.3 is 6.03 Å². The van der Waals surface area contributed by atoms with Crippen LogP contribution < -0.4 is 11.1 Å². The lowest BCUT2D eigenvalue weighted by Crippen LogP contribution is -2.41. The summed E-state index contributed by atoms with van der Waals surface area (Å²) in [6.07, 6.45) is 5.36. The zero-order valence-electron chi connectivity index (χ0n) is 6.08. The van der Waals surface area contributed by atoms with E-state index in [2.05, 4.69) is 21.2 Å². The van der Waals surface area contributed by atoms with Gasteiger partial charge in [-0.05, 0) is 18.2 Å². The van der Waals surface area contributed by atoms with Gasteiger partial charge in [0.25, 0.3) is 0 Å². The fraction of sp³-hybridized carbons (Fsp3) is 0.143. The first kappa shape index (κ1) is 9.41. The Hall–Kier alpha value is -0.680. The first-order valence-corrected chi connectivity index (χ1v) is 4.45. The predicted octanol–water partition coefficient (Wildman–Crippen LogP) is 1.24. The van der Waals surface area contributed by atoms with Crippen LogP contribution in [0.1, 0.15) is 0 Å². The van der Waals surface area contributed by atoms with E-state index in [0.717, 1.165) is 4.48 Å². The van der Waals surface area contributed by atoms with E-state index in [-0.39, 0.29) is 6.04 Å². The molecule has 0 bridgehead atoms. The van der Waals surface area contributed by atoms with Gasteiger partial charge < -0.3 is 11.1 Å². The molecule has 1 atom stereocenters. The summed E-state index contributed by atoms with van der Waals surface area (Å²) in [6, 6.07) is -0.842. The number of urea groups is 1. The van der Waals surface area contributed by atoms with Crippen molar-refractivity contribution in [3.05, 3.63) is 22.7 Å². The number of halogens is 1. The standard InChI is InChI=1S/C7H7BrN2OS/c8-4-1-2-6(12)5(3-4)10-7(9)11/h1-3,5H,(H3,9,10,11). The quantitative estimate of drug-likeness (QED) is 0.685. The SMILES string of the molecule is NC(=O)NC1C=C(Br)C=CC1=S. The van der Waals surface area contributed by atoms with Crippen molar-refractivity contribution in [3.8, 4) is 0 Å². The monoisotopic (exact) mass is 246 g/mol. The molecule has 0 saturated heterocycles. The van der Waals surface area contributed by atoms with Gasteiger partial charge in [-0.25, -0.2) is 4.79 Å². The molecular formula is C7H7BrN2OS. The van der Waals surface area contributed by atoms with Gasteiger partial charge in [0.15, 0.2) is 0 Å². The van der Waals surface area contributed by atoms with Crippen LogP contribution in [-0.4, -0.2) is 16.9 Å². The number of primary amides is 1. The Bertz CT molecular complexity index is 285. The molecule has 0 aromatic carbocycles. The Morgan fingerprint density at radius 2 is 2.33 bits per heavy atom. The summed E-state index contributed by atoms with van der Waals surface area (Å²) in [4.78, 5) is 11.2. The fourth-order valence-corrected chi connectivity index (χ4v) is 1.42. The first-order chi connectivity index (χ1) is 5.59. The molecule has 0 aromatic heterocycles. The maximum Gasteiger partial charge on any atom is 0.312 e. The Kier molecular flexibility index (Phi) is 2.99. The lowest BCUT2D eigenvalue weighted by molar-refractivity contribution is 0.249. The van der Waals surface area contributed by atoms with Crippen LogP contribution in [-0.2, 0) is 0 Å². The molecule has 1 unspecified atom stereocenters. The van der Waals surface area contributed by atoms with Crippen molar-refractivity contribution in [3.63, 3.8) is 0 Å². The van der Waals surface area contributed by atoms with E-state index in [9.17, 15) is 4.79 Å². The summed E-state index contributed by atoms with van der Waals surface area (Å²) < 4.78 is 0.884. The Morgan fingerprint density at radius 3 is 2.92 bits per heavy atom. The van der Waals surface area contributed by atoms with Crippen molar-refractivity contribution in [1.29, 1.82) is 0 Å². The fourth-order valence-electron chi connectivity index (χ4n) is 0.828. The van der Waals surface area contributed by atoms with Crippen LogP contribution in [0.4, 0.5) is 4.79 Å². The van der Waals surface area contributed by atoms with E-state index >= 15 is 0 Å². The van der Waals surface area contributed by atoms with E-state index in [1.165, 1.54) is 0 Å². The summed E-state index contributed by atoms with van der Waals surface area (Å²) in [7, 11) is 0. The van der Waals surface area contributed by atoms with Crippen LogP contribution in [0.2, 0.25) is 0 Å². The van der Waals surface area contributed by atoms with Gasteiger partial charge in [-0.2, -0.15) is 0 Å². The number of hydrogen-bond donors (Lipinski definition) is 2. The molecule has 3 N–H and O–H groups in total. The van der Waals surface area contributed by atoms with E-state index in [1.54, 1.807) is 12.2 Å². The van der Waals surface area contributed by atoms with Gasteiger partial charge in [0.1, 0.15) is 0 Å². The predicted molar refractivity (Wildman–Crippen MR) is 55.3 cm³/mol. The highest BCUT2D eigenvalue weighted by Crippen LogP contribution is 2.14. The van der Waals surface area contributed by atoms with Gasteiger partial charge in [0, 0.05) is 9.35 Å². The van der Waals surface area contributed by atoms with Crippen molar-refractivity contribution >= 4 is 39.0 Å². The third-order valence-electron chi connectivity index (χ3n) is 1.34. The number of allylic oxidation sites excluding steroid dienone is 2. The van der Waals surface area contributed by atoms with Crippen LogP contribution in [0.3, 0.4) is 0 Å². The third-order valence-corrected chi connectivity index (χ3v) is 2.26. The van der Waals surface area contributed by atoms with Crippen LogP contribution in [0.5, 0.6) is 0 Å². The second-order valence-electron chi connectivity index (χ2n) is 2.27. The number of amides is 2. The molecule has 1 rings (SSSR count). The van der Waals surface area contributed by atoms with Gasteiger partial charge in [-0.15, -0.1) is 0 Å². The molecule has 5 heteroatoms. The van der Waals surface area contributed by atoms with Crippen molar-refractivity contribution in [1.82, 2.24) is 5.32 Å². The third kappa shape index (κ3) is 2.42. The lowest BCUT2D eigenvalue weighted by atomic mass is 10.1. The minimum Gasteiger partial charge on any atom is -0.352 e. The van der Waals surface area contributed by atoms with Crippen LogP contribution in [0, 0.1) is 0 Å². The van der Waals surface area contributed by atoms with E-state index in [4.69, 9.17) is 18.0 Å². The molecule has 0 aromatic rings. The second-order valence-corrected chi connectivity index (χ2v) is 3.66. The number of rotatable bonds is 1. The topological polar surface area (TPSA) is 55.1 Å². The highest BCUT2D eigenvalue weighted by atomic mass is 79.9. The number of carbonyl (C=O) groups is 1. The maximum absolute atomic E-state index is 10.5. The Balaban J connectivity index is 2.71. The summed E-state index contributed by atoms with van der Waals surface area (Å²) in [5.41, 5.74) is 4.95. The molecule has 12 heavy (non-hydrogen) atoms. The smallest absolute Gasteiger partial charge is 0.312 e. The summed E-state index contributed by atoms with van der Waals surface area (Å²) >= 11 is 8.24. The maximum atomic E-state index is 10.5. The molecule has 2 amide bonds. The molecule has 0 heterocycles. The lowest BCUT2D eigenvalue weighted by Gasteiger charge is -2.15. The Labute approximate surface area is 83.8 Å². The molecule has 0 fully saturated rings. The number of carbonyl (C=O) groups excluding carboxylic acids is 1. The number of nitrogens with two attached hydrogens (primary N) is 1. The van der Waals surface area contributed by atoms with Gasteiger partial charge in [-0.3, -0.25) is 0 Å². The average Bonchev–Trinajstić information content (AvgIpc) is 1.96. The van der Waals surface area contributed by atoms with Gasteiger partial charge in [0.2, 0.25) is 0 Å². The molecule has 0 saturated carbocycles. The minimum atomic E-state index is -0.575. The summed E-state index contributed by atoms with van der Waals surface area (Å²) in [6.45, 7) is 0. The zero-order valence-corrected chi connectivity index (χ0v) is 8.48. The molecule has 64 valence electrons. The van der Waals surface area contributed by atoms with Crippen molar-refractivity contribution in [2.24, 2.45) is 5.73 Å². The highest BCUT2D eigenvalue weighted by molar-refractivity contribution is 9.11. The van der Waals surface area contributed by atoms with Crippen molar-refractivity contribution in [2.45, 2.75) is 6.04 Å². The van der Waals surface area contributed by atoms with Gasteiger partial charge in [-0.1, -0.05) is 28.1 Å². The highest BCUT2D eigenvalue weighted by Gasteiger charge is 2.14. The van der Waals surface area contributed by atoms with E-state index in [0.29, 0.717) is 4.86 Å². The molecule has 1 aliphatic carbocycles. The minimum absolute atomic E-state index is 0.267. The number of nitrogens with one attached hydrogen (secondary N) is 1. The molecule has 3 nitrogen and oxygen atoms in total. The number of thiocarbonyl (C=S) groups is 1. The van der Waals surface area contributed by atoms with Crippen LogP contribution in [0.25, 0.3) is 0 Å². The van der Waals surface area contributed by atoms with Gasteiger partial charge in [0.05, 0.1) is 6.04 Å². The molecular weight excluding hydrogens is 240 g/mol. The van der Waals surface area contributed by atoms with Crippen LogP contribution in [0.15, 0.2) is 22.7 Å². The normalized spacial score (nSPS) is 21.9. The molecule has 1 aliphatic rings. The second kappa shape index (κ2) is 3.82. The van der Waals surface area contributed by atoms with E-state index < -0.39 is 6.03 Å². The molecule has 0 spiro atoms. The van der Waals surface area contributed by atoms with Crippen LogP contribution >= 0.6 is 28.1 Å². The summed E-state index contributed by atoms with van der Waals surface area (Å²) in [5.74, 6) is 0. The number of hydrogen-bond acceptors (Lipinski definition) is 2. The molecule has 0 aliphatic heterocycles. The van der Waals surface area contributed by atoms with Crippen molar-refractivity contribution < 1.29 is 4.79 Å².